The molecule has 0 saturated carbocycles. The van der Waals surface area contributed by atoms with Crippen LogP contribution in [0.1, 0.15) is 15.9 Å². The van der Waals surface area contributed by atoms with E-state index in [0.29, 0.717) is 28.4 Å². The largest absolute Gasteiger partial charge is 0.495 e. The molecule has 7 nitrogen and oxygen atoms in total. The summed E-state index contributed by atoms with van der Waals surface area (Å²) in [5.74, 6) is 0.274. The van der Waals surface area contributed by atoms with Crippen molar-refractivity contribution in [3.8, 4) is 11.4 Å². The van der Waals surface area contributed by atoms with Crippen LogP contribution in [0.4, 0.5) is 21.9 Å². The smallest absolute Gasteiger partial charge is 0.323 e. The molecule has 0 saturated heterocycles. The first-order chi connectivity index (χ1) is 16.0. The Bertz CT molecular complexity index is 1270. The fraction of sp³-hybridized carbons (Fsp3) is 0.0769. The maximum Gasteiger partial charge on any atom is 0.323 e. The second-order valence-electron chi connectivity index (χ2n) is 7.42. The van der Waals surface area contributed by atoms with Gasteiger partial charge in [-0.05, 0) is 61.5 Å². The molecule has 3 aromatic carbocycles. The third-order valence-electron chi connectivity index (χ3n) is 5.05. The van der Waals surface area contributed by atoms with Crippen molar-refractivity contribution >= 4 is 29.0 Å². The molecule has 0 fully saturated rings. The normalized spacial score (nSPS) is 10.4. The summed E-state index contributed by atoms with van der Waals surface area (Å²) in [7, 11) is 1.54. The number of anilines is 3. The zero-order valence-electron chi connectivity index (χ0n) is 18.3. The second kappa shape index (κ2) is 9.74. The monoisotopic (exact) mass is 440 g/mol. The Morgan fingerprint density at radius 2 is 1.48 bits per heavy atom. The van der Waals surface area contributed by atoms with Crippen LogP contribution in [0.5, 0.6) is 5.75 Å². The maximum atomic E-state index is 12.8. The summed E-state index contributed by atoms with van der Waals surface area (Å²) in [6.07, 6.45) is 3.73. The number of carbonyl (C=O) groups is 2. The zero-order chi connectivity index (χ0) is 23.2. The molecule has 0 spiro atoms. The van der Waals surface area contributed by atoms with Crippen LogP contribution in [0.15, 0.2) is 91.3 Å². The van der Waals surface area contributed by atoms with E-state index in [4.69, 9.17) is 4.74 Å². The molecule has 0 aliphatic heterocycles. The van der Waals surface area contributed by atoms with E-state index in [2.05, 4.69) is 16.0 Å². The van der Waals surface area contributed by atoms with Crippen molar-refractivity contribution in [2.45, 2.75) is 6.92 Å². The topological polar surface area (TPSA) is 84.4 Å². The molecule has 0 unspecified atom stereocenters. The number of aromatic nitrogens is 1. The average molecular weight is 441 g/mol. The number of benzene rings is 3. The van der Waals surface area contributed by atoms with Gasteiger partial charge in [-0.25, -0.2) is 4.79 Å². The van der Waals surface area contributed by atoms with Gasteiger partial charge in [0.2, 0.25) is 0 Å². The van der Waals surface area contributed by atoms with Crippen LogP contribution in [0, 0.1) is 6.92 Å². The Kier molecular flexibility index (Phi) is 6.40. The van der Waals surface area contributed by atoms with Crippen LogP contribution in [0.2, 0.25) is 0 Å². The summed E-state index contributed by atoms with van der Waals surface area (Å²) < 4.78 is 7.16. The van der Waals surface area contributed by atoms with Crippen LogP contribution in [-0.4, -0.2) is 23.6 Å². The summed E-state index contributed by atoms with van der Waals surface area (Å²) in [6, 6.07) is 23.2. The van der Waals surface area contributed by atoms with E-state index in [1.54, 1.807) is 43.5 Å². The minimum atomic E-state index is -0.455. The zero-order valence-corrected chi connectivity index (χ0v) is 18.3. The maximum absolute atomic E-state index is 12.8. The number of amides is 3. The number of para-hydroxylation sites is 2. The van der Waals surface area contributed by atoms with Gasteiger partial charge >= 0.3 is 6.03 Å². The molecule has 0 aliphatic rings. The summed E-state index contributed by atoms with van der Waals surface area (Å²) >= 11 is 0. The van der Waals surface area contributed by atoms with E-state index in [-0.39, 0.29) is 5.91 Å². The van der Waals surface area contributed by atoms with Gasteiger partial charge in [-0.3, -0.25) is 4.79 Å². The average Bonchev–Trinajstić information content (AvgIpc) is 3.35. The first-order valence-corrected chi connectivity index (χ1v) is 10.4. The van der Waals surface area contributed by atoms with Gasteiger partial charge in [0.05, 0.1) is 24.2 Å². The Balaban J connectivity index is 1.59. The molecule has 3 amide bonds. The molecule has 166 valence electrons. The van der Waals surface area contributed by atoms with Gasteiger partial charge in [0.15, 0.2) is 0 Å². The highest BCUT2D eigenvalue weighted by Crippen LogP contribution is 2.26. The number of ether oxygens (including phenoxy) is 1. The lowest BCUT2D eigenvalue weighted by Crippen LogP contribution is -2.21. The highest BCUT2D eigenvalue weighted by Gasteiger charge is 2.14. The van der Waals surface area contributed by atoms with E-state index in [9.17, 15) is 9.59 Å². The molecular formula is C26H24N4O3. The van der Waals surface area contributed by atoms with E-state index < -0.39 is 6.03 Å². The van der Waals surface area contributed by atoms with Crippen LogP contribution in [-0.2, 0) is 0 Å². The molecule has 1 heterocycles. The molecule has 33 heavy (non-hydrogen) atoms. The van der Waals surface area contributed by atoms with E-state index >= 15 is 0 Å². The molecular weight excluding hydrogens is 416 g/mol. The van der Waals surface area contributed by atoms with E-state index in [0.717, 1.165) is 11.3 Å². The minimum absolute atomic E-state index is 0.272. The Hall–Kier alpha value is -4.52. The number of aryl methyl sites for hydroxylation is 1. The van der Waals surface area contributed by atoms with Crippen molar-refractivity contribution in [2.75, 3.05) is 23.1 Å². The lowest BCUT2D eigenvalue weighted by molar-refractivity contribution is 0.102. The lowest BCUT2D eigenvalue weighted by atomic mass is 10.1. The molecule has 0 radical (unpaired) electrons. The van der Waals surface area contributed by atoms with Crippen LogP contribution >= 0.6 is 0 Å². The van der Waals surface area contributed by atoms with Crippen molar-refractivity contribution in [1.29, 1.82) is 0 Å². The SMILES string of the molecule is COc1ccccc1NC(=O)Nc1cc(C(=O)Nc2ccc(C)cc2)ccc1-n1cccc1. The van der Waals surface area contributed by atoms with E-state index in [1.807, 2.05) is 66.3 Å². The Morgan fingerprint density at radius 3 is 2.21 bits per heavy atom. The fourth-order valence-corrected chi connectivity index (χ4v) is 3.36. The first kappa shape index (κ1) is 21.7. The van der Waals surface area contributed by atoms with Crippen LogP contribution < -0.4 is 20.7 Å². The summed E-state index contributed by atoms with van der Waals surface area (Å²) in [5, 5.41) is 8.53. The molecule has 0 aliphatic carbocycles. The number of methoxy groups -OCH3 is 1. The minimum Gasteiger partial charge on any atom is -0.495 e. The third kappa shape index (κ3) is 5.22. The van der Waals surface area contributed by atoms with Crippen molar-refractivity contribution in [1.82, 2.24) is 4.57 Å². The van der Waals surface area contributed by atoms with Gasteiger partial charge in [-0.2, -0.15) is 0 Å². The molecule has 1 aromatic heterocycles. The number of urea groups is 1. The Labute approximate surface area is 192 Å². The molecule has 3 N–H and O–H groups in total. The molecule has 4 rings (SSSR count). The predicted octanol–water partition coefficient (Wildman–Crippen LogP) is 5.69. The Morgan fingerprint density at radius 1 is 0.788 bits per heavy atom. The standard InChI is InChI=1S/C26H24N4O3/c1-18-9-12-20(13-10-18)27-25(31)19-11-14-23(30-15-5-6-16-30)22(17-19)29-26(32)28-21-7-3-4-8-24(21)33-2/h3-17H,1-2H3,(H,27,31)(H2,28,29,32). The van der Waals surface area contributed by atoms with Crippen molar-refractivity contribution in [2.24, 2.45) is 0 Å². The summed E-state index contributed by atoms with van der Waals surface area (Å²) in [5.41, 5.74) is 3.96. The highest BCUT2D eigenvalue weighted by molar-refractivity contribution is 6.07. The predicted molar refractivity (Wildman–Crippen MR) is 131 cm³/mol. The number of hydrogen-bond donors (Lipinski definition) is 3. The van der Waals surface area contributed by atoms with Crippen molar-refractivity contribution < 1.29 is 14.3 Å². The van der Waals surface area contributed by atoms with Gasteiger partial charge in [0.25, 0.3) is 5.91 Å². The van der Waals surface area contributed by atoms with Crippen LogP contribution in [0.3, 0.4) is 0 Å². The number of nitrogens with zero attached hydrogens (tertiary/aromatic N) is 1. The van der Waals surface area contributed by atoms with Crippen molar-refractivity contribution in [3.63, 3.8) is 0 Å². The number of carbonyl (C=O) groups excluding carboxylic acids is 2. The summed E-state index contributed by atoms with van der Waals surface area (Å²) in [6.45, 7) is 1.99. The van der Waals surface area contributed by atoms with Crippen molar-refractivity contribution in [3.05, 3.63) is 102 Å². The van der Waals surface area contributed by atoms with Gasteiger partial charge in [-0.15, -0.1) is 0 Å². The molecule has 0 atom stereocenters. The van der Waals surface area contributed by atoms with Crippen LogP contribution in [0.25, 0.3) is 5.69 Å². The van der Waals surface area contributed by atoms with Gasteiger partial charge in [0, 0.05) is 23.6 Å². The first-order valence-electron chi connectivity index (χ1n) is 10.4. The molecule has 0 bridgehead atoms. The van der Waals surface area contributed by atoms with Gasteiger partial charge in [0.1, 0.15) is 5.75 Å². The van der Waals surface area contributed by atoms with Gasteiger partial charge in [-0.1, -0.05) is 29.8 Å². The number of nitrogens with one attached hydrogen (secondary N) is 3. The third-order valence-corrected chi connectivity index (χ3v) is 5.05. The number of rotatable bonds is 6. The number of hydrogen-bond acceptors (Lipinski definition) is 3. The molecule has 7 heteroatoms. The van der Waals surface area contributed by atoms with Gasteiger partial charge < -0.3 is 25.3 Å². The molecule has 4 aromatic rings. The quantitative estimate of drug-likeness (QED) is 0.360. The lowest BCUT2D eigenvalue weighted by Gasteiger charge is -2.15. The highest BCUT2D eigenvalue weighted by atomic mass is 16.5. The second-order valence-corrected chi connectivity index (χ2v) is 7.42. The summed E-state index contributed by atoms with van der Waals surface area (Å²) in [4.78, 5) is 25.6. The fourth-order valence-electron chi connectivity index (χ4n) is 3.36. The van der Waals surface area contributed by atoms with E-state index in [1.165, 1.54) is 0 Å².